The van der Waals surface area contributed by atoms with E-state index in [0.29, 0.717) is 4.67 Å². The molecule has 0 unspecified atom stereocenters. The van der Waals surface area contributed by atoms with E-state index in [2.05, 4.69) is 26.8 Å². The molecule has 1 heterocycles. The molecule has 25 heavy (non-hydrogen) atoms. The first kappa shape index (κ1) is 17.0. The minimum absolute atomic E-state index is 0.100. The van der Waals surface area contributed by atoms with Crippen molar-refractivity contribution in [2.24, 2.45) is 0 Å². The number of nitrogens with one attached hydrogen (secondary N) is 2. The summed E-state index contributed by atoms with van der Waals surface area (Å²) in [6.07, 6.45) is 0. The van der Waals surface area contributed by atoms with Crippen molar-refractivity contribution in [3.8, 4) is 0 Å². The van der Waals surface area contributed by atoms with Crippen molar-refractivity contribution >= 4 is 27.7 Å². The Morgan fingerprint density at radius 3 is 1.84 bits per heavy atom. The lowest BCUT2D eigenvalue weighted by Crippen LogP contribution is -2.44. The number of furan rings is 1. The number of amides is 2. The van der Waals surface area contributed by atoms with Gasteiger partial charge in [-0.15, -0.1) is 0 Å². The smallest absolute Gasteiger partial charge is 0.305 e. The van der Waals surface area contributed by atoms with Crippen LogP contribution in [0, 0.1) is 0 Å². The highest BCUT2D eigenvalue weighted by atomic mass is 79.9. The maximum Gasteiger partial charge on any atom is 0.305 e. The van der Waals surface area contributed by atoms with E-state index in [1.165, 1.54) is 6.07 Å². The van der Waals surface area contributed by atoms with Crippen LogP contribution in [0.4, 0.5) is 0 Å². The first-order valence-corrected chi connectivity index (χ1v) is 8.40. The fourth-order valence-electron chi connectivity index (χ4n) is 2.47. The largest absolute Gasteiger partial charge is 0.444 e. The van der Waals surface area contributed by atoms with E-state index in [0.717, 1.165) is 11.1 Å². The highest BCUT2D eigenvalue weighted by Gasteiger charge is 2.23. The van der Waals surface area contributed by atoms with Gasteiger partial charge >= 0.3 is 5.91 Å². The number of halogens is 1. The summed E-state index contributed by atoms with van der Waals surface area (Å²) in [6, 6.07) is 21.9. The lowest BCUT2D eigenvalue weighted by atomic mass is 9.91. The molecule has 2 aromatic carbocycles. The second kappa shape index (κ2) is 7.81. The van der Waals surface area contributed by atoms with Gasteiger partial charge in [-0.2, -0.15) is 0 Å². The SMILES string of the molecule is O=C(NNC(=O)C(c1ccccc1)c1ccccc1)c1ccc(Br)o1. The Morgan fingerprint density at radius 2 is 1.36 bits per heavy atom. The van der Waals surface area contributed by atoms with E-state index >= 15 is 0 Å². The van der Waals surface area contributed by atoms with E-state index in [1.807, 2.05) is 60.7 Å². The molecule has 3 aromatic rings. The Kier molecular flexibility index (Phi) is 5.30. The molecule has 2 amide bonds. The second-order valence-corrected chi connectivity index (χ2v) is 6.08. The topological polar surface area (TPSA) is 71.3 Å². The number of benzene rings is 2. The minimum atomic E-state index is -0.536. The third-order valence-corrected chi connectivity index (χ3v) is 4.05. The van der Waals surface area contributed by atoms with Crippen molar-refractivity contribution in [1.29, 1.82) is 0 Å². The van der Waals surface area contributed by atoms with Crippen molar-refractivity contribution < 1.29 is 14.0 Å². The Balaban J connectivity index is 1.77. The van der Waals surface area contributed by atoms with Crippen LogP contribution in [0.1, 0.15) is 27.6 Å². The van der Waals surface area contributed by atoms with Crippen LogP contribution in [0.15, 0.2) is 81.9 Å². The van der Waals surface area contributed by atoms with Gasteiger partial charge in [0.05, 0.1) is 5.92 Å². The monoisotopic (exact) mass is 398 g/mol. The van der Waals surface area contributed by atoms with Gasteiger partial charge in [-0.1, -0.05) is 60.7 Å². The highest BCUT2D eigenvalue weighted by Crippen LogP contribution is 2.24. The molecule has 0 fully saturated rings. The van der Waals surface area contributed by atoms with Crippen LogP contribution in [-0.2, 0) is 4.79 Å². The van der Waals surface area contributed by atoms with E-state index in [9.17, 15) is 9.59 Å². The molecule has 0 saturated carbocycles. The zero-order valence-corrected chi connectivity index (χ0v) is 14.7. The number of hydrazine groups is 1. The predicted octanol–water partition coefficient (Wildman–Crippen LogP) is 3.64. The molecule has 0 aliphatic carbocycles. The molecule has 3 rings (SSSR count). The van der Waals surface area contributed by atoms with Crippen molar-refractivity contribution in [1.82, 2.24) is 10.9 Å². The van der Waals surface area contributed by atoms with E-state index in [4.69, 9.17) is 4.42 Å². The quantitative estimate of drug-likeness (QED) is 0.659. The summed E-state index contributed by atoms with van der Waals surface area (Å²) in [5.41, 5.74) is 6.52. The second-order valence-electron chi connectivity index (χ2n) is 5.30. The van der Waals surface area contributed by atoms with Crippen molar-refractivity contribution in [3.63, 3.8) is 0 Å². The molecular formula is C19H15BrN2O3. The van der Waals surface area contributed by atoms with Crippen molar-refractivity contribution in [3.05, 3.63) is 94.4 Å². The molecular weight excluding hydrogens is 384 g/mol. The first-order chi connectivity index (χ1) is 12.1. The summed E-state index contributed by atoms with van der Waals surface area (Å²) >= 11 is 3.13. The van der Waals surface area contributed by atoms with Gasteiger partial charge in [0.1, 0.15) is 0 Å². The summed E-state index contributed by atoms with van der Waals surface area (Å²) in [6.45, 7) is 0. The summed E-state index contributed by atoms with van der Waals surface area (Å²) in [7, 11) is 0. The van der Waals surface area contributed by atoms with Gasteiger partial charge in [0.2, 0.25) is 5.91 Å². The summed E-state index contributed by atoms with van der Waals surface area (Å²) in [5.74, 6) is -1.30. The molecule has 1 aromatic heterocycles. The number of hydrogen-bond donors (Lipinski definition) is 2. The molecule has 0 aliphatic heterocycles. The van der Waals surface area contributed by atoms with Gasteiger partial charge in [-0.3, -0.25) is 20.4 Å². The Bertz CT molecular complexity index is 823. The molecule has 0 radical (unpaired) electrons. The average molecular weight is 399 g/mol. The number of carbonyl (C=O) groups excluding carboxylic acids is 2. The van der Waals surface area contributed by atoms with Gasteiger partial charge in [0.15, 0.2) is 10.4 Å². The maximum atomic E-state index is 12.7. The van der Waals surface area contributed by atoms with Crippen LogP contribution in [0.5, 0.6) is 0 Å². The Morgan fingerprint density at radius 1 is 0.800 bits per heavy atom. The zero-order valence-electron chi connectivity index (χ0n) is 13.1. The standard InChI is InChI=1S/C19H15BrN2O3/c20-16-12-11-15(25-16)18(23)21-22-19(24)17(13-7-3-1-4-8-13)14-9-5-2-6-10-14/h1-12,17H,(H,21,23)(H,22,24). The lowest BCUT2D eigenvalue weighted by Gasteiger charge is -2.18. The van der Waals surface area contributed by atoms with Crippen LogP contribution >= 0.6 is 15.9 Å². The Hall–Kier alpha value is -2.86. The van der Waals surface area contributed by atoms with Gasteiger partial charge in [0, 0.05) is 0 Å². The first-order valence-electron chi connectivity index (χ1n) is 7.60. The molecule has 0 atom stereocenters. The van der Waals surface area contributed by atoms with E-state index in [1.54, 1.807) is 6.07 Å². The molecule has 2 N–H and O–H groups in total. The average Bonchev–Trinajstić information content (AvgIpc) is 3.08. The molecule has 0 aliphatic rings. The van der Waals surface area contributed by atoms with Gasteiger partial charge < -0.3 is 4.42 Å². The molecule has 6 heteroatoms. The predicted molar refractivity (Wildman–Crippen MR) is 96.7 cm³/mol. The summed E-state index contributed by atoms with van der Waals surface area (Å²) in [4.78, 5) is 24.7. The maximum absolute atomic E-state index is 12.7. The Labute approximate surface area is 153 Å². The minimum Gasteiger partial charge on any atom is -0.444 e. The molecule has 126 valence electrons. The molecule has 5 nitrogen and oxygen atoms in total. The van der Waals surface area contributed by atoms with Crippen LogP contribution in [0.25, 0.3) is 0 Å². The van der Waals surface area contributed by atoms with Crippen molar-refractivity contribution in [2.45, 2.75) is 5.92 Å². The van der Waals surface area contributed by atoms with Gasteiger partial charge in [-0.25, -0.2) is 0 Å². The van der Waals surface area contributed by atoms with E-state index < -0.39 is 11.8 Å². The van der Waals surface area contributed by atoms with Gasteiger partial charge in [-0.05, 0) is 39.2 Å². The lowest BCUT2D eigenvalue weighted by molar-refractivity contribution is -0.122. The van der Waals surface area contributed by atoms with Crippen LogP contribution in [0.2, 0.25) is 0 Å². The third-order valence-electron chi connectivity index (χ3n) is 3.62. The van der Waals surface area contributed by atoms with Crippen molar-refractivity contribution in [2.75, 3.05) is 0 Å². The van der Waals surface area contributed by atoms with Crippen LogP contribution < -0.4 is 10.9 Å². The molecule has 0 bridgehead atoms. The number of rotatable bonds is 4. The van der Waals surface area contributed by atoms with Crippen LogP contribution in [0.3, 0.4) is 0 Å². The summed E-state index contributed by atoms with van der Waals surface area (Å²) in [5, 5.41) is 0. The molecule has 0 saturated heterocycles. The zero-order chi connectivity index (χ0) is 17.6. The summed E-state index contributed by atoms with van der Waals surface area (Å²) < 4.78 is 5.60. The normalized spacial score (nSPS) is 10.5. The van der Waals surface area contributed by atoms with Crippen LogP contribution in [-0.4, -0.2) is 11.8 Å². The fraction of sp³-hybridized carbons (Fsp3) is 0.0526. The number of hydrogen-bond acceptors (Lipinski definition) is 3. The molecule has 0 spiro atoms. The number of carbonyl (C=O) groups is 2. The van der Waals surface area contributed by atoms with E-state index in [-0.39, 0.29) is 11.7 Å². The third kappa shape index (κ3) is 4.16. The fourth-order valence-corrected chi connectivity index (χ4v) is 2.78. The van der Waals surface area contributed by atoms with Gasteiger partial charge in [0.25, 0.3) is 0 Å². The highest BCUT2D eigenvalue weighted by molar-refractivity contribution is 9.10.